The summed E-state index contributed by atoms with van der Waals surface area (Å²) in [6.45, 7) is 1.98. The Kier molecular flexibility index (Phi) is 5.35. The van der Waals surface area contributed by atoms with E-state index in [0.29, 0.717) is 4.83 Å². The third kappa shape index (κ3) is 4.28. The standard InChI is InChI=1S/C6H10Br2O2/c1-4(7)3-5(8)6(9)10-2/h4-5H,3H2,1-2H3. The van der Waals surface area contributed by atoms with Crippen molar-refractivity contribution in [2.75, 3.05) is 7.11 Å². The van der Waals surface area contributed by atoms with Crippen molar-refractivity contribution in [3.8, 4) is 0 Å². The van der Waals surface area contributed by atoms with Crippen LogP contribution >= 0.6 is 31.9 Å². The molecule has 60 valence electrons. The first kappa shape index (κ1) is 10.4. The van der Waals surface area contributed by atoms with Crippen molar-refractivity contribution in [3.63, 3.8) is 0 Å². The quantitative estimate of drug-likeness (QED) is 0.582. The molecule has 0 aromatic heterocycles. The summed E-state index contributed by atoms with van der Waals surface area (Å²) in [5, 5.41) is 0. The first-order valence-electron chi connectivity index (χ1n) is 2.94. The number of halogens is 2. The summed E-state index contributed by atoms with van der Waals surface area (Å²) >= 11 is 6.53. The maximum atomic E-state index is 10.8. The van der Waals surface area contributed by atoms with Crippen LogP contribution in [-0.4, -0.2) is 22.7 Å². The molecular weight excluding hydrogens is 264 g/mol. The van der Waals surface area contributed by atoms with Crippen LogP contribution in [0.15, 0.2) is 0 Å². The molecule has 0 aromatic carbocycles. The largest absolute Gasteiger partial charge is 0.468 e. The molecule has 2 nitrogen and oxygen atoms in total. The van der Waals surface area contributed by atoms with Crippen molar-refractivity contribution >= 4 is 37.8 Å². The number of hydrogen-bond acceptors (Lipinski definition) is 2. The molecule has 0 heterocycles. The van der Waals surface area contributed by atoms with Gasteiger partial charge in [-0.25, -0.2) is 0 Å². The SMILES string of the molecule is COC(=O)C(Br)CC(C)Br. The van der Waals surface area contributed by atoms with Crippen molar-refractivity contribution in [2.24, 2.45) is 0 Å². The lowest BCUT2D eigenvalue weighted by atomic mass is 10.2. The molecule has 0 radical (unpaired) electrons. The summed E-state index contributed by atoms with van der Waals surface area (Å²) in [5.74, 6) is -0.216. The monoisotopic (exact) mass is 272 g/mol. The second kappa shape index (κ2) is 5.13. The van der Waals surface area contributed by atoms with Crippen LogP contribution in [0.4, 0.5) is 0 Å². The minimum absolute atomic E-state index is 0.188. The summed E-state index contributed by atoms with van der Waals surface area (Å²) in [7, 11) is 1.38. The van der Waals surface area contributed by atoms with Gasteiger partial charge < -0.3 is 4.74 Å². The fourth-order valence-electron chi connectivity index (χ4n) is 0.509. The lowest BCUT2D eigenvalue weighted by molar-refractivity contribution is -0.139. The minimum Gasteiger partial charge on any atom is -0.468 e. The Bertz CT molecular complexity index is 114. The van der Waals surface area contributed by atoms with Gasteiger partial charge in [-0.3, -0.25) is 4.79 Å². The van der Waals surface area contributed by atoms with Crippen molar-refractivity contribution in [1.29, 1.82) is 0 Å². The fraction of sp³-hybridized carbons (Fsp3) is 0.833. The van der Waals surface area contributed by atoms with Gasteiger partial charge in [0.1, 0.15) is 4.83 Å². The smallest absolute Gasteiger partial charge is 0.319 e. The zero-order valence-corrected chi connectivity index (χ0v) is 9.11. The molecule has 2 unspecified atom stereocenters. The topological polar surface area (TPSA) is 26.3 Å². The van der Waals surface area contributed by atoms with Gasteiger partial charge in [-0.1, -0.05) is 38.8 Å². The Hall–Kier alpha value is 0.430. The molecule has 0 aliphatic heterocycles. The van der Waals surface area contributed by atoms with Gasteiger partial charge >= 0.3 is 5.97 Å². The van der Waals surface area contributed by atoms with E-state index < -0.39 is 0 Å². The van der Waals surface area contributed by atoms with E-state index in [2.05, 4.69) is 36.6 Å². The van der Waals surface area contributed by atoms with Crippen molar-refractivity contribution < 1.29 is 9.53 Å². The van der Waals surface area contributed by atoms with Crippen LogP contribution in [0.1, 0.15) is 13.3 Å². The van der Waals surface area contributed by atoms with Crippen LogP contribution in [0, 0.1) is 0 Å². The van der Waals surface area contributed by atoms with Crippen LogP contribution in [0.3, 0.4) is 0 Å². The van der Waals surface area contributed by atoms with E-state index in [4.69, 9.17) is 0 Å². The molecule has 0 saturated heterocycles. The average molecular weight is 274 g/mol. The molecule has 0 saturated carbocycles. The second-order valence-corrected chi connectivity index (χ2v) is 4.68. The molecular formula is C6H10Br2O2. The number of methoxy groups -OCH3 is 1. The van der Waals surface area contributed by atoms with Gasteiger partial charge in [0.2, 0.25) is 0 Å². The van der Waals surface area contributed by atoms with Gasteiger partial charge in [0, 0.05) is 4.83 Å². The number of alkyl halides is 2. The Morgan fingerprint density at radius 3 is 2.40 bits per heavy atom. The first-order valence-corrected chi connectivity index (χ1v) is 4.77. The zero-order valence-electron chi connectivity index (χ0n) is 5.93. The first-order chi connectivity index (χ1) is 4.57. The molecule has 0 aliphatic rings. The molecule has 0 fully saturated rings. The number of ether oxygens (including phenoxy) is 1. The number of esters is 1. The lowest BCUT2D eigenvalue weighted by Gasteiger charge is -2.07. The molecule has 0 bridgehead atoms. The molecule has 10 heavy (non-hydrogen) atoms. The van der Waals surface area contributed by atoms with Crippen molar-refractivity contribution in [1.82, 2.24) is 0 Å². The molecule has 0 aliphatic carbocycles. The summed E-state index contributed by atoms with van der Waals surface area (Å²) in [6.07, 6.45) is 0.743. The molecule has 0 rings (SSSR count). The van der Waals surface area contributed by atoms with E-state index in [1.54, 1.807) is 0 Å². The number of rotatable bonds is 3. The molecule has 0 N–H and O–H groups in total. The summed E-state index contributed by atoms with van der Waals surface area (Å²) in [5.41, 5.74) is 0. The highest BCUT2D eigenvalue weighted by Gasteiger charge is 2.16. The summed E-state index contributed by atoms with van der Waals surface area (Å²) in [6, 6.07) is 0. The zero-order chi connectivity index (χ0) is 8.15. The van der Waals surface area contributed by atoms with E-state index in [1.165, 1.54) is 7.11 Å². The van der Waals surface area contributed by atoms with Gasteiger partial charge in [0.25, 0.3) is 0 Å². The summed E-state index contributed by atoms with van der Waals surface area (Å²) in [4.78, 5) is 10.9. The Morgan fingerprint density at radius 2 is 2.10 bits per heavy atom. The maximum Gasteiger partial charge on any atom is 0.319 e. The Morgan fingerprint density at radius 1 is 1.60 bits per heavy atom. The molecule has 2 atom stereocenters. The van der Waals surface area contributed by atoms with Gasteiger partial charge in [-0.05, 0) is 6.42 Å². The van der Waals surface area contributed by atoms with Gasteiger partial charge in [0.05, 0.1) is 7.11 Å². The van der Waals surface area contributed by atoms with E-state index in [1.807, 2.05) is 6.92 Å². The molecule has 0 spiro atoms. The van der Waals surface area contributed by atoms with E-state index in [-0.39, 0.29) is 10.8 Å². The third-order valence-electron chi connectivity index (χ3n) is 0.989. The Labute approximate surface area is 77.6 Å². The number of carbonyl (C=O) groups excluding carboxylic acids is 1. The second-order valence-electron chi connectivity index (χ2n) is 2.01. The molecule has 4 heteroatoms. The third-order valence-corrected chi connectivity index (χ3v) is 2.11. The number of hydrogen-bond donors (Lipinski definition) is 0. The molecule has 0 amide bonds. The number of carbonyl (C=O) groups is 1. The van der Waals surface area contributed by atoms with E-state index in [9.17, 15) is 4.79 Å². The highest BCUT2D eigenvalue weighted by atomic mass is 79.9. The van der Waals surface area contributed by atoms with Gasteiger partial charge in [-0.15, -0.1) is 0 Å². The van der Waals surface area contributed by atoms with Crippen molar-refractivity contribution in [3.05, 3.63) is 0 Å². The van der Waals surface area contributed by atoms with Gasteiger partial charge in [0.15, 0.2) is 0 Å². The van der Waals surface area contributed by atoms with Gasteiger partial charge in [-0.2, -0.15) is 0 Å². The van der Waals surface area contributed by atoms with Crippen LogP contribution in [-0.2, 0) is 9.53 Å². The highest BCUT2D eigenvalue weighted by Crippen LogP contribution is 2.14. The fourth-order valence-corrected chi connectivity index (χ4v) is 2.13. The van der Waals surface area contributed by atoms with Crippen LogP contribution in [0.25, 0.3) is 0 Å². The van der Waals surface area contributed by atoms with Crippen LogP contribution in [0.2, 0.25) is 0 Å². The minimum atomic E-state index is -0.216. The lowest BCUT2D eigenvalue weighted by Crippen LogP contribution is -2.18. The van der Waals surface area contributed by atoms with Crippen LogP contribution in [0.5, 0.6) is 0 Å². The Balaban J connectivity index is 3.61. The predicted molar refractivity (Wildman–Crippen MR) is 47.7 cm³/mol. The maximum absolute atomic E-state index is 10.8. The van der Waals surface area contributed by atoms with Crippen molar-refractivity contribution in [2.45, 2.75) is 23.0 Å². The summed E-state index contributed by atoms with van der Waals surface area (Å²) < 4.78 is 4.51. The average Bonchev–Trinajstić information content (AvgIpc) is 1.85. The van der Waals surface area contributed by atoms with Crippen LogP contribution < -0.4 is 0 Å². The molecule has 0 aromatic rings. The van der Waals surface area contributed by atoms with E-state index in [0.717, 1.165) is 6.42 Å². The predicted octanol–water partition coefficient (Wildman–Crippen LogP) is 2.10. The normalized spacial score (nSPS) is 16.0. The highest BCUT2D eigenvalue weighted by molar-refractivity contribution is 9.10. The van der Waals surface area contributed by atoms with E-state index >= 15 is 0 Å².